The van der Waals surface area contributed by atoms with Crippen LogP contribution in [0.4, 0.5) is 0 Å². The molecular formula is C18H27NO5. The Morgan fingerprint density at radius 1 is 1.04 bits per heavy atom. The highest BCUT2D eigenvalue weighted by Crippen LogP contribution is 2.34. The molecule has 6 heteroatoms. The molecule has 134 valence electrons. The van der Waals surface area contributed by atoms with Gasteiger partial charge in [-0.2, -0.15) is 0 Å². The van der Waals surface area contributed by atoms with Crippen LogP contribution >= 0.6 is 0 Å². The van der Waals surface area contributed by atoms with E-state index < -0.39 is 18.0 Å². The van der Waals surface area contributed by atoms with Gasteiger partial charge in [0, 0.05) is 12.8 Å². The largest absolute Gasteiger partial charge is 0.463 e. The monoisotopic (exact) mass is 337 g/mol. The van der Waals surface area contributed by atoms with E-state index in [1.54, 1.807) is 13.8 Å². The molecule has 1 aliphatic carbocycles. The summed E-state index contributed by atoms with van der Waals surface area (Å²) in [5, 5.41) is 2.79. The van der Waals surface area contributed by atoms with Crippen LogP contribution in [0.5, 0.6) is 0 Å². The highest BCUT2D eigenvalue weighted by Gasteiger charge is 2.38. The van der Waals surface area contributed by atoms with Crippen molar-refractivity contribution in [3.05, 3.63) is 22.8 Å². The molecule has 1 amide bonds. The fourth-order valence-corrected chi connectivity index (χ4v) is 2.91. The predicted molar refractivity (Wildman–Crippen MR) is 90.1 cm³/mol. The fraction of sp³-hybridized carbons (Fsp3) is 0.611. The van der Waals surface area contributed by atoms with Crippen molar-refractivity contribution in [1.82, 2.24) is 5.32 Å². The van der Waals surface area contributed by atoms with E-state index in [1.807, 2.05) is 19.9 Å². The third-order valence-corrected chi connectivity index (χ3v) is 3.93. The zero-order chi connectivity index (χ0) is 18.3. The first-order valence-corrected chi connectivity index (χ1v) is 8.47. The van der Waals surface area contributed by atoms with Crippen molar-refractivity contribution in [3.63, 3.8) is 0 Å². The van der Waals surface area contributed by atoms with Crippen LogP contribution in [-0.4, -0.2) is 37.1 Å². The highest BCUT2D eigenvalue weighted by atomic mass is 16.5. The van der Waals surface area contributed by atoms with Crippen LogP contribution in [0.15, 0.2) is 22.8 Å². The Balaban J connectivity index is 3.54. The van der Waals surface area contributed by atoms with Gasteiger partial charge in [-0.3, -0.25) is 4.79 Å². The Labute approximate surface area is 143 Å². The number of hydrogen-bond donors (Lipinski definition) is 1. The summed E-state index contributed by atoms with van der Waals surface area (Å²) >= 11 is 0. The van der Waals surface area contributed by atoms with Gasteiger partial charge in [0.2, 0.25) is 5.91 Å². The molecule has 2 atom stereocenters. The van der Waals surface area contributed by atoms with Gasteiger partial charge in [0.25, 0.3) is 0 Å². The number of rotatable bonds is 7. The normalized spacial score (nSPS) is 20.3. The van der Waals surface area contributed by atoms with Crippen LogP contribution in [-0.2, 0) is 23.9 Å². The van der Waals surface area contributed by atoms with E-state index in [9.17, 15) is 14.4 Å². The van der Waals surface area contributed by atoms with Crippen LogP contribution in [0.2, 0.25) is 0 Å². The van der Waals surface area contributed by atoms with E-state index in [2.05, 4.69) is 5.32 Å². The SMILES string of the molecule is CCOC(=O)C1=C(C(=O)OCC)[C@H](NC(C)=O)[C@H](CC)C=C1CC. The Morgan fingerprint density at radius 2 is 1.62 bits per heavy atom. The topological polar surface area (TPSA) is 81.7 Å². The van der Waals surface area contributed by atoms with E-state index in [0.717, 1.165) is 5.57 Å². The number of ether oxygens (including phenoxy) is 2. The molecule has 1 aliphatic rings. The van der Waals surface area contributed by atoms with Gasteiger partial charge in [-0.25, -0.2) is 9.59 Å². The van der Waals surface area contributed by atoms with Gasteiger partial charge >= 0.3 is 11.9 Å². The molecule has 0 bridgehead atoms. The molecule has 0 spiro atoms. The second-order valence-corrected chi connectivity index (χ2v) is 5.53. The summed E-state index contributed by atoms with van der Waals surface area (Å²) in [4.78, 5) is 36.7. The van der Waals surface area contributed by atoms with Crippen LogP contribution in [0.25, 0.3) is 0 Å². The van der Waals surface area contributed by atoms with Crippen molar-refractivity contribution in [2.75, 3.05) is 13.2 Å². The van der Waals surface area contributed by atoms with E-state index in [-0.39, 0.29) is 36.2 Å². The first kappa shape index (κ1) is 19.9. The Morgan fingerprint density at radius 3 is 2.08 bits per heavy atom. The van der Waals surface area contributed by atoms with Crippen molar-refractivity contribution in [1.29, 1.82) is 0 Å². The van der Waals surface area contributed by atoms with Crippen LogP contribution < -0.4 is 5.32 Å². The number of carbonyl (C=O) groups is 3. The Hall–Kier alpha value is -2.11. The lowest BCUT2D eigenvalue weighted by Crippen LogP contribution is -2.45. The first-order valence-electron chi connectivity index (χ1n) is 8.47. The van der Waals surface area contributed by atoms with Crippen molar-refractivity contribution in [2.24, 2.45) is 5.92 Å². The lowest BCUT2D eigenvalue weighted by molar-refractivity contribution is -0.142. The van der Waals surface area contributed by atoms with Gasteiger partial charge in [-0.05, 0) is 32.3 Å². The maximum Gasteiger partial charge on any atom is 0.339 e. The second kappa shape index (κ2) is 9.25. The van der Waals surface area contributed by atoms with Crippen LogP contribution in [0.3, 0.4) is 0 Å². The van der Waals surface area contributed by atoms with Gasteiger partial charge in [0.1, 0.15) is 0 Å². The van der Waals surface area contributed by atoms with Gasteiger partial charge in [-0.1, -0.05) is 19.9 Å². The van der Waals surface area contributed by atoms with E-state index in [0.29, 0.717) is 12.8 Å². The number of nitrogens with one attached hydrogen (secondary N) is 1. The molecule has 0 fully saturated rings. The molecule has 0 aromatic rings. The summed E-state index contributed by atoms with van der Waals surface area (Å²) in [6.07, 6.45) is 3.25. The quantitative estimate of drug-likeness (QED) is 0.721. The molecule has 0 radical (unpaired) electrons. The number of esters is 2. The molecule has 0 aliphatic heterocycles. The van der Waals surface area contributed by atoms with Crippen molar-refractivity contribution in [3.8, 4) is 0 Å². The maximum absolute atomic E-state index is 12.6. The zero-order valence-corrected chi connectivity index (χ0v) is 15.1. The summed E-state index contributed by atoms with van der Waals surface area (Å²) in [6.45, 7) is 9.08. The van der Waals surface area contributed by atoms with Crippen LogP contribution in [0.1, 0.15) is 47.5 Å². The van der Waals surface area contributed by atoms with Crippen LogP contribution in [0, 0.1) is 5.92 Å². The molecule has 1 N–H and O–H groups in total. The minimum atomic E-state index is -0.596. The van der Waals surface area contributed by atoms with Crippen molar-refractivity contribution in [2.45, 2.75) is 53.5 Å². The standard InChI is InChI=1S/C18H27NO5/c1-6-12-10-13(7-2)16(19-11(5)20)15(18(22)24-9-4)14(12)17(21)23-8-3/h10,13,16H,6-9H2,1-5H3,(H,19,20)/t13-,16-/m1/s1. The molecule has 0 saturated heterocycles. The summed E-state index contributed by atoms with van der Waals surface area (Å²) in [6, 6.07) is -0.596. The first-order chi connectivity index (χ1) is 11.4. The Bertz CT molecular complexity index is 562. The van der Waals surface area contributed by atoms with E-state index in [4.69, 9.17) is 9.47 Å². The van der Waals surface area contributed by atoms with Crippen molar-refractivity contribution >= 4 is 17.8 Å². The molecule has 0 heterocycles. The third kappa shape index (κ3) is 4.46. The van der Waals surface area contributed by atoms with Gasteiger partial charge in [0.15, 0.2) is 0 Å². The fourth-order valence-electron chi connectivity index (χ4n) is 2.91. The average molecular weight is 337 g/mol. The maximum atomic E-state index is 12.6. The van der Waals surface area contributed by atoms with Gasteiger partial charge in [0.05, 0.1) is 30.4 Å². The lowest BCUT2D eigenvalue weighted by atomic mass is 9.78. The Kier molecular flexibility index (Phi) is 7.68. The molecule has 0 aromatic heterocycles. The second-order valence-electron chi connectivity index (χ2n) is 5.53. The molecule has 0 saturated carbocycles. The minimum absolute atomic E-state index is 0.0820. The van der Waals surface area contributed by atoms with Gasteiger partial charge < -0.3 is 14.8 Å². The number of carbonyl (C=O) groups excluding carboxylic acids is 3. The number of amides is 1. The van der Waals surface area contributed by atoms with Gasteiger partial charge in [-0.15, -0.1) is 0 Å². The zero-order valence-electron chi connectivity index (χ0n) is 15.1. The van der Waals surface area contributed by atoms with E-state index >= 15 is 0 Å². The smallest absolute Gasteiger partial charge is 0.339 e. The average Bonchev–Trinajstić information content (AvgIpc) is 2.53. The lowest BCUT2D eigenvalue weighted by Gasteiger charge is -2.32. The summed E-state index contributed by atoms with van der Waals surface area (Å²) in [7, 11) is 0. The predicted octanol–water partition coefficient (Wildman–Crippen LogP) is 2.29. The molecule has 6 nitrogen and oxygen atoms in total. The number of hydrogen-bond acceptors (Lipinski definition) is 5. The summed E-state index contributed by atoms with van der Waals surface area (Å²) in [5.41, 5.74) is 1.17. The molecular weight excluding hydrogens is 310 g/mol. The summed E-state index contributed by atoms with van der Waals surface area (Å²) < 4.78 is 10.3. The molecule has 0 aromatic carbocycles. The third-order valence-electron chi connectivity index (χ3n) is 3.93. The van der Waals surface area contributed by atoms with E-state index in [1.165, 1.54) is 6.92 Å². The molecule has 0 unspecified atom stereocenters. The molecule has 1 rings (SSSR count). The highest BCUT2D eigenvalue weighted by molar-refractivity contribution is 6.05. The molecule has 24 heavy (non-hydrogen) atoms. The minimum Gasteiger partial charge on any atom is -0.463 e. The summed E-state index contributed by atoms with van der Waals surface area (Å²) in [5.74, 6) is -1.49. The van der Waals surface area contributed by atoms with Crippen molar-refractivity contribution < 1.29 is 23.9 Å².